The molecule has 1 fully saturated rings. The topological polar surface area (TPSA) is 78.8 Å². The van der Waals surface area contributed by atoms with Crippen molar-refractivity contribution in [2.24, 2.45) is 0 Å². The van der Waals surface area contributed by atoms with E-state index in [9.17, 15) is 18.8 Å². The highest BCUT2D eigenvalue weighted by Gasteiger charge is 2.38. The van der Waals surface area contributed by atoms with Crippen LogP contribution in [-0.4, -0.2) is 75.8 Å². The predicted molar refractivity (Wildman–Crippen MR) is 164 cm³/mol. The molecule has 1 unspecified atom stereocenters. The number of piperazine rings is 1. The van der Waals surface area contributed by atoms with Crippen molar-refractivity contribution in [1.29, 1.82) is 0 Å². The molecule has 0 spiro atoms. The van der Waals surface area contributed by atoms with Crippen LogP contribution in [0, 0.1) is 12.7 Å². The lowest BCUT2D eigenvalue weighted by Gasteiger charge is -2.35. The number of fused-ring (bicyclic) bond motifs is 1. The molecule has 216 valence electrons. The first kappa shape index (κ1) is 28.2. The third-order valence-electron chi connectivity index (χ3n) is 7.67. The number of amides is 3. The number of rotatable bonds is 5. The van der Waals surface area contributed by atoms with Crippen LogP contribution in [0.15, 0.2) is 66.0 Å². The van der Waals surface area contributed by atoms with E-state index in [1.54, 1.807) is 42.9 Å². The molecule has 0 bridgehead atoms. The second kappa shape index (κ2) is 11.7. The van der Waals surface area contributed by atoms with E-state index >= 15 is 0 Å². The number of thioether (sulfide) groups is 1. The van der Waals surface area contributed by atoms with Gasteiger partial charge in [-0.2, -0.15) is 5.10 Å². The predicted octanol–water partition coefficient (Wildman–Crippen LogP) is 4.91. The number of aryl methyl sites for hydroxylation is 1. The summed E-state index contributed by atoms with van der Waals surface area (Å²) in [7, 11) is 0. The summed E-state index contributed by atoms with van der Waals surface area (Å²) in [5, 5.41) is 6.74. The molecule has 6 rings (SSSR count). The van der Waals surface area contributed by atoms with E-state index in [-0.39, 0.29) is 41.1 Å². The van der Waals surface area contributed by atoms with Crippen LogP contribution in [0.3, 0.4) is 0 Å². The minimum absolute atomic E-state index is 0.0126. The van der Waals surface area contributed by atoms with Gasteiger partial charge in [0.1, 0.15) is 23.9 Å². The number of halogens is 1. The van der Waals surface area contributed by atoms with E-state index < -0.39 is 0 Å². The van der Waals surface area contributed by atoms with Gasteiger partial charge in [-0.05, 0) is 48.2 Å². The molecule has 2 aromatic heterocycles. The molecule has 11 heteroatoms. The Morgan fingerprint density at radius 3 is 2.31 bits per heavy atom. The lowest BCUT2D eigenvalue weighted by atomic mass is 10.0. The summed E-state index contributed by atoms with van der Waals surface area (Å²) in [6, 6.07) is 18.2. The Balaban J connectivity index is 1.49. The van der Waals surface area contributed by atoms with Crippen LogP contribution in [0.4, 0.5) is 10.2 Å². The minimum Gasteiger partial charge on any atom is -0.339 e. The van der Waals surface area contributed by atoms with Crippen LogP contribution in [0.2, 0.25) is 0 Å². The standard InChI is InChI=1S/C31H30FN5O3S2/c1-20-5-11-24(12-6-20)37-31-28(29(33-37)25-4-3-17-41-25)30(22-7-9-23(32)10-8-22)42-19-27(40)36(31)18-26(39)35-15-13-34(14-16-35)21(2)38/h3-12,17,30H,13-16,18-19H2,1-2H3. The lowest BCUT2D eigenvalue weighted by molar-refractivity contribution is -0.137. The molecule has 8 nitrogen and oxygen atoms in total. The van der Waals surface area contributed by atoms with Crippen molar-refractivity contribution < 1.29 is 18.8 Å². The van der Waals surface area contributed by atoms with Crippen molar-refractivity contribution in [3.8, 4) is 16.3 Å². The SMILES string of the molecule is CC(=O)N1CCN(C(=O)CN2C(=O)CSC(c3ccc(F)cc3)c3c(-c4cccs4)nn(-c4ccc(C)cc4)c32)CC1. The number of thiophene rings is 1. The second-order valence-electron chi connectivity index (χ2n) is 10.4. The quantitative estimate of drug-likeness (QED) is 0.324. The smallest absolute Gasteiger partial charge is 0.242 e. The van der Waals surface area contributed by atoms with Crippen molar-refractivity contribution in [2.75, 3.05) is 43.4 Å². The van der Waals surface area contributed by atoms with Crippen LogP contribution in [-0.2, 0) is 14.4 Å². The molecular weight excluding hydrogens is 574 g/mol. The summed E-state index contributed by atoms with van der Waals surface area (Å²) in [5.74, 6) is -0.0483. The van der Waals surface area contributed by atoms with Gasteiger partial charge in [0.15, 0.2) is 0 Å². The minimum atomic E-state index is -0.334. The molecule has 4 aromatic rings. The van der Waals surface area contributed by atoms with Gasteiger partial charge in [-0.1, -0.05) is 35.9 Å². The molecule has 2 aromatic carbocycles. The number of benzene rings is 2. The summed E-state index contributed by atoms with van der Waals surface area (Å²) in [5.41, 5.74) is 4.25. The number of nitrogens with zero attached hydrogens (tertiary/aromatic N) is 5. The third kappa shape index (κ3) is 5.46. The Kier molecular flexibility index (Phi) is 7.87. The van der Waals surface area contributed by atoms with Crippen molar-refractivity contribution in [2.45, 2.75) is 19.1 Å². The van der Waals surface area contributed by atoms with E-state index in [4.69, 9.17) is 5.10 Å². The molecule has 2 aliphatic heterocycles. The molecule has 42 heavy (non-hydrogen) atoms. The van der Waals surface area contributed by atoms with Crippen LogP contribution in [0.25, 0.3) is 16.3 Å². The van der Waals surface area contributed by atoms with Crippen LogP contribution in [0.5, 0.6) is 0 Å². The highest BCUT2D eigenvalue weighted by atomic mass is 32.2. The van der Waals surface area contributed by atoms with Gasteiger partial charge in [-0.15, -0.1) is 23.1 Å². The van der Waals surface area contributed by atoms with E-state index in [0.717, 1.165) is 32.9 Å². The highest BCUT2D eigenvalue weighted by molar-refractivity contribution is 8.00. The molecule has 0 saturated carbocycles. The Hall–Kier alpha value is -3.96. The van der Waals surface area contributed by atoms with E-state index in [1.807, 2.05) is 48.7 Å². The van der Waals surface area contributed by atoms with Gasteiger partial charge < -0.3 is 9.80 Å². The zero-order valence-electron chi connectivity index (χ0n) is 23.3. The van der Waals surface area contributed by atoms with Crippen molar-refractivity contribution in [3.63, 3.8) is 0 Å². The molecule has 0 aliphatic carbocycles. The maximum atomic E-state index is 14.0. The first-order chi connectivity index (χ1) is 20.3. The third-order valence-corrected chi connectivity index (χ3v) is 9.80. The van der Waals surface area contributed by atoms with E-state index in [2.05, 4.69) is 0 Å². The van der Waals surface area contributed by atoms with E-state index in [1.165, 1.54) is 30.8 Å². The van der Waals surface area contributed by atoms with Gasteiger partial charge in [-0.3, -0.25) is 19.3 Å². The zero-order chi connectivity index (χ0) is 29.4. The molecule has 1 atom stereocenters. The number of hydrogen-bond donors (Lipinski definition) is 0. The van der Waals surface area contributed by atoms with Crippen LogP contribution < -0.4 is 4.90 Å². The van der Waals surface area contributed by atoms with Crippen molar-refractivity contribution in [1.82, 2.24) is 19.6 Å². The first-order valence-electron chi connectivity index (χ1n) is 13.7. The zero-order valence-corrected chi connectivity index (χ0v) is 25.0. The number of anilines is 1. The Labute approximate surface area is 251 Å². The first-order valence-corrected chi connectivity index (χ1v) is 15.7. The molecule has 0 radical (unpaired) electrons. The number of carbonyl (C=O) groups is 3. The second-order valence-corrected chi connectivity index (χ2v) is 12.5. The molecule has 4 heterocycles. The van der Waals surface area contributed by atoms with Crippen LogP contribution in [0.1, 0.15) is 28.9 Å². The van der Waals surface area contributed by atoms with Gasteiger partial charge in [0.2, 0.25) is 17.7 Å². The maximum Gasteiger partial charge on any atom is 0.242 e. The van der Waals surface area contributed by atoms with Crippen LogP contribution >= 0.6 is 23.1 Å². The van der Waals surface area contributed by atoms with Gasteiger partial charge in [0.25, 0.3) is 0 Å². The monoisotopic (exact) mass is 603 g/mol. The summed E-state index contributed by atoms with van der Waals surface area (Å²) in [4.78, 5) is 45.3. The molecular formula is C31H30FN5O3S2. The van der Waals surface area contributed by atoms with Gasteiger partial charge in [0.05, 0.1) is 21.6 Å². The molecule has 3 amide bonds. The van der Waals surface area contributed by atoms with Crippen molar-refractivity contribution >= 4 is 46.6 Å². The van der Waals surface area contributed by atoms with E-state index in [0.29, 0.717) is 32.0 Å². The number of hydrogen-bond acceptors (Lipinski definition) is 6. The Morgan fingerprint density at radius 2 is 1.67 bits per heavy atom. The highest BCUT2D eigenvalue weighted by Crippen LogP contribution is 2.49. The number of aromatic nitrogens is 2. The lowest BCUT2D eigenvalue weighted by Crippen LogP contribution is -2.53. The fourth-order valence-electron chi connectivity index (χ4n) is 5.39. The van der Waals surface area contributed by atoms with Gasteiger partial charge in [0, 0.05) is 38.7 Å². The average molecular weight is 604 g/mol. The summed E-state index contributed by atoms with van der Waals surface area (Å²) in [6.45, 7) is 5.15. The van der Waals surface area contributed by atoms with Crippen molar-refractivity contribution in [3.05, 3.63) is 88.6 Å². The summed E-state index contributed by atoms with van der Waals surface area (Å²) < 4.78 is 15.7. The molecule has 2 aliphatic rings. The normalized spacial score (nSPS) is 17.3. The summed E-state index contributed by atoms with van der Waals surface area (Å²) in [6.07, 6.45) is 0. The largest absolute Gasteiger partial charge is 0.339 e. The maximum absolute atomic E-state index is 14.0. The average Bonchev–Trinajstić information content (AvgIpc) is 3.63. The van der Waals surface area contributed by atoms with Gasteiger partial charge in [-0.25, -0.2) is 9.07 Å². The Morgan fingerprint density at radius 1 is 0.976 bits per heavy atom. The Bertz CT molecular complexity index is 1610. The fraction of sp³-hybridized carbons (Fsp3) is 0.290. The number of carbonyl (C=O) groups excluding carboxylic acids is 3. The fourth-order valence-corrected chi connectivity index (χ4v) is 7.31. The van der Waals surface area contributed by atoms with Gasteiger partial charge >= 0.3 is 0 Å². The molecule has 0 N–H and O–H groups in total. The molecule has 1 saturated heterocycles. The summed E-state index contributed by atoms with van der Waals surface area (Å²) >= 11 is 3.01.